The Morgan fingerprint density at radius 2 is 1.88 bits per heavy atom. The summed E-state index contributed by atoms with van der Waals surface area (Å²) in [4.78, 5) is 29.1. The standard InChI is InChI=1S/C20H29ClN2O3/c1-5-22(14-15-9-11-16(21)12-10-15)18(24)17-8-6-7-13-23(17)19(25)26-20(2,3)4/h9-12,17H,5-8,13-14H2,1-4H3. The number of halogens is 1. The summed E-state index contributed by atoms with van der Waals surface area (Å²) in [5.41, 5.74) is 0.444. The van der Waals surface area contributed by atoms with Crippen LogP contribution in [-0.4, -0.2) is 46.5 Å². The highest BCUT2D eigenvalue weighted by molar-refractivity contribution is 6.30. The molecule has 6 heteroatoms. The molecule has 0 aliphatic carbocycles. The van der Waals surface area contributed by atoms with Crippen molar-refractivity contribution in [2.75, 3.05) is 13.1 Å². The fourth-order valence-electron chi connectivity index (χ4n) is 3.09. The molecule has 1 atom stereocenters. The molecule has 1 unspecified atom stereocenters. The summed E-state index contributed by atoms with van der Waals surface area (Å²) in [7, 11) is 0. The summed E-state index contributed by atoms with van der Waals surface area (Å²) in [5, 5.41) is 0.673. The van der Waals surface area contributed by atoms with Gasteiger partial charge in [-0.25, -0.2) is 4.79 Å². The van der Waals surface area contributed by atoms with Crippen molar-refractivity contribution in [2.45, 2.75) is 65.1 Å². The molecule has 5 nitrogen and oxygen atoms in total. The number of likely N-dealkylation sites (tertiary alicyclic amines) is 1. The number of carbonyl (C=O) groups is 2. The molecule has 0 saturated carbocycles. The summed E-state index contributed by atoms with van der Waals surface area (Å²) >= 11 is 5.93. The highest BCUT2D eigenvalue weighted by atomic mass is 35.5. The quantitative estimate of drug-likeness (QED) is 0.773. The van der Waals surface area contributed by atoms with Gasteiger partial charge in [0.05, 0.1) is 0 Å². The van der Waals surface area contributed by atoms with Gasteiger partial charge in [-0.15, -0.1) is 0 Å². The van der Waals surface area contributed by atoms with Crippen LogP contribution in [0.3, 0.4) is 0 Å². The van der Waals surface area contributed by atoms with Crippen LogP contribution in [0.2, 0.25) is 5.02 Å². The minimum absolute atomic E-state index is 0.0204. The molecule has 1 heterocycles. The molecular formula is C20H29ClN2O3. The number of nitrogens with zero attached hydrogens (tertiary/aromatic N) is 2. The lowest BCUT2D eigenvalue weighted by atomic mass is 10.0. The second-order valence-corrected chi connectivity index (χ2v) is 8.10. The Bertz CT molecular complexity index is 625. The number of likely N-dealkylation sites (N-methyl/N-ethyl adjacent to an activating group) is 1. The number of piperidine rings is 1. The average molecular weight is 381 g/mol. The zero-order valence-corrected chi connectivity index (χ0v) is 16.9. The second kappa shape index (κ2) is 8.76. The number of carbonyl (C=O) groups excluding carboxylic acids is 2. The monoisotopic (exact) mass is 380 g/mol. The molecule has 1 aliphatic rings. The first-order valence-electron chi connectivity index (χ1n) is 9.24. The molecule has 1 saturated heterocycles. The van der Waals surface area contributed by atoms with E-state index in [9.17, 15) is 9.59 Å². The van der Waals surface area contributed by atoms with Crippen LogP contribution in [0, 0.1) is 0 Å². The van der Waals surface area contributed by atoms with Gasteiger partial charge in [-0.1, -0.05) is 23.7 Å². The number of hydrogen-bond donors (Lipinski definition) is 0. The fraction of sp³-hybridized carbons (Fsp3) is 0.600. The van der Waals surface area contributed by atoms with Gasteiger partial charge in [0.1, 0.15) is 11.6 Å². The van der Waals surface area contributed by atoms with E-state index >= 15 is 0 Å². The Labute approximate surface area is 161 Å². The molecule has 1 aromatic carbocycles. The van der Waals surface area contributed by atoms with Crippen molar-refractivity contribution in [1.82, 2.24) is 9.80 Å². The molecule has 0 aromatic heterocycles. The maximum absolute atomic E-state index is 13.1. The maximum atomic E-state index is 13.1. The number of ether oxygens (including phenoxy) is 1. The number of rotatable bonds is 4. The summed E-state index contributed by atoms with van der Waals surface area (Å²) in [6, 6.07) is 7.03. The van der Waals surface area contributed by atoms with Gasteiger partial charge in [-0.05, 0) is 64.7 Å². The van der Waals surface area contributed by atoms with Gasteiger partial charge < -0.3 is 9.64 Å². The first-order valence-corrected chi connectivity index (χ1v) is 9.62. The van der Waals surface area contributed by atoms with E-state index in [4.69, 9.17) is 16.3 Å². The maximum Gasteiger partial charge on any atom is 0.410 e. The molecule has 0 spiro atoms. The molecule has 0 bridgehead atoms. The third-order valence-corrected chi connectivity index (χ3v) is 4.65. The largest absolute Gasteiger partial charge is 0.444 e. The molecule has 144 valence electrons. The van der Waals surface area contributed by atoms with E-state index in [0.717, 1.165) is 18.4 Å². The van der Waals surface area contributed by atoms with Gasteiger partial charge in [0.25, 0.3) is 0 Å². The van der Waals surface area contributed by atoms with Crippen LogP contribution in [0.25, 0.3) is 0 Å². The van der Waals surface area contributed by atoms with E-state index in [1.807, 2.05) is 52.0 Å². The molecule has 1 fully saturated rings. The van der Waals surface area contributed by atoms with Crippen LogP contribution in [-0.2, 0) is 16.1 Å². The molecule has 2 rings (SSSR count). The Hall–Kier alpha value is -1.75. The Kier molecular flexibility index (Phi) is 6.93. The lowest BCUT2D eigenvalue weighted by molar-refractivity contribution is -0.138. The third-order valence-electron chi connectivity index (χ3n) is 4.40. The molecule has 0 radical (unpaired) electrons. The van der Waals surface area contributed by atoms with Crippen molar-refractivity contribution in [3.05, 3.63) is 34.9 Å². The number of hydrogen-bond acceptors (Lipinski definition) is 3. The predicted octanol–water partition coefficient (Wildman–Crippen LogP) is 4.48. The van der Waals surface area contributed by atoms with Crippen LogP contribution < -0.4 is 0 Å². The summed E-state index contributed by atoms with van der Waals surface area (Å²) in [6.45, 7) is 9.11. The normalized spacial score (nSPS) is 17.7. The molecule has 26 heavy (non-hydrogen) atoms. The van der Waals surface area contributed by atoms with Gasteiger partial charge in [-0.3, -0.25) is 9.69 Å². The Balaban J connectivity index is 2.11. The summed E-state index contributed by atoms with van der Waals surface area (Å²) in [6.07, 6.45) is 2.11. The predicted molar refractivity (Wildman–Crippen MR) is 103 cm³/mol. The smallest absolute Gasteiger partial charge is 0.410 e. The topological polar surface area (TPSA) is 49.9 Å². The summed E-state index contributed by atoms with van der Waals surface area (Å²) in [5.74, 6) is -0.0204. The first-order chi connectivity index (χ1) is 12.2. The van der Waals surface area contributed by atoms with Gasteiger partial charge in [-0.2, -0.15) is 0 Å². The van der Waals surface area contributed by atoms with Crippen molar-refractivity contribution >= 4 is 23.6 Å². The molecule has 1 aromatic rings. The number of benzene rings is 1. The van der Waals surface area contributed by atoms with Crippen molar-refractivity contribution in [3.63, 3.8) is 0 Å². The SMILES string of the molecule is CCN(Cc1ccc(Cl)cc1)C(=O)C1CCCCN1C(=O)OC(C)(C)C. The van der Waals surface area contributed by atoms with Crippen LogP contribution in [0.1, 0.15) is 52.5 Å². The van der Waals surface area contributed by atoms with E-state index < -0.39 is 17.7 Å². The van der Waals surface area contributed by atoms with Crippen LogP contribution in [0.5, 0.6) is 0 Å². The molecule has 0 N–H and O–H groups in total. The Morgan fingerprint density at radius 3 is 2.46 bits per heavy atom. The third kappa shape index (κ3) is 5.63. The van der Waals surface area contributed by atoms with Gasteiger partial charge in [0, 0.05) is 24.7 Å². The van der Waals surface area contributed by atoms with Crippen molar-refractivity contribution in [2.24, 2.45) is 0 Å². The fourth-order valence-corrected chi connectivity index (χ4v) is 3.22. The van der Waals surface area contributed by atoms with Crippen molar-refractivity contribution < 1.29 is 14.3 Å². The highest BCUT2D eigenvalue weighted by Crippen LogP contribution is 2.23. The lowest BCUT2D eigenvalue weighted by Gasteiger charge is -2.38. The average Bonchev–Trinajstić information content (AvgIpc) is 2.59. The van der Waals surface area contributed by atoms with Gasteiger partial charge in [0.15, 0.2) is 0 Å². The van der Waals surface area contributed by atoms with E-state index in [1.165, 1.54) is 0 Å². The van der Waals surface area contributed by atoms with E-state index in [0.29, 0.717) is 31.1 Å². The Morgan fingerprint density at radius 1 is 1.23 bits per heavy atom. The van der Waals surface area contributed by atoms with E-state index in [-0.39, 0.29) is 5.91 Å². The molecule has 2 amide bonds. The molecular weight excluding hydrogens is 352 g/mol. The van der Waals surface area contributed by atoms with Gasteiger partial charge >= 0.3 is 6.09 Å². The van der Waals surface area contributed by atoms with Crippen LogP contribution in [0.15, 0.2) is 24.3 Å². The first kappa shape index (κ1) is 20.6. The lowest BCUT2D eigenvalue weighted by Crippen LogP contribution is -2.53. The second-order valence-electron chi connectivity index (χ2n) is 7.66. The van der Waals surface area contributed by atoms with Crippen LogP contribution in [0.4, 0.5) is 4.79 Å². The highest BCUT2D eigenvalue weighted by Gasteiger charge is 2.36. The minimum atomic E-state index is -0.574. The van der Waals surface area contributed by atoms with Gasteiger partial charge in [0.2, 0.25) is 5.91 Å². The zero-order valence-electron chi connectivity index (χ0n) is 16.1. The molecule has 1 aliphatic heterocycles. The number of amides is 2. The summed E-state index contributed by atoms with van der Waals surface area (Å²) < 4.78 is 5.50. The van der Waals surface area contributed by atoms with Crippen molar-refractivity contribution in [1.29, 1.82) is 0 Å². The minimum Gasteiger partial charge on any atom is -0.444 e. The van der Waals surface area contributed by atoms with Crippen LogP contribution >= 0.6 is 11.6 Å². The zero-order chi connectivity index (χ0) is 19.3. The van der Waals surface area contributed by atoms with E-state index in [2.05, 4.69) is 0 Å². The van der Waals surface area contributed by atoms with Crippen molar-refractivity contribution in [3.8, 4) is 0 Å². The van der Waals surface area contributed by atoms with E-state index in [1.54, 1.807) is 9.80 Å².